The summed E-state index contributed by atoms with van der Waals surface area (Å²) < 4.78 is 62.3. The second-order valence-corrected chi connectivity index (χ2v) is 9.18. The summed E-state index contributed by atoms with van der Waals surface area (Å²) in [6.07, 6.45) is -2.65. The first-order chi connectivity index (χ1) is 17.6. The monoisotopic (exact) mass is 523 g/mol. The molecule has 0 aromatic carbocycles. The molecule has 2 aliphatic rings. The van der Waals surface area contributed by atoms with Gasteiger partial charge in [0.2, 0.25) is 5.95 Å². The van der Waals surface area contributed by atoms with Gasteiger partial charge in [0.15, 0.2) is 11.6 Å². The van der Waals surface area contributed by atoms with Gasteiger partial charge >= 0.3 is 12.3 Å². The molecule has 2 aliphatic heterocycles. The van der Waals surface area contributed by atoms with Crippen LogP contribution in [0.1, 0.15) is 25.3 Å². The van der Waals surface area contributed by atoms with E-state index in [-0.39, 0.29) is 47.0 Å². The Morgan fingerprint density at radius 1 is 1.30 bits per heavy atom. The topological polar surface area (TPSA) is 120 Å². The Morgan fingerprint density at radius 3 is 2.84 bits per heavy atom. The Kier molecular flexibility index (Phi) is 6.52. The minimum absolute atomic E-state index is 0.0246. The van der Waals surface area contributed by atoms with E-state index in [1.165, 1.54) is 11.1 Å². The molecule has 3 N–H and O–H groups in total. The molecule has 3 aromatic rings. The molecule has 0 bridgehead atoms. The number of piperidine rings is 1. The number of aromatic nitrogens is 4. The van der Waals surface area contributed by atoms with Crippen LogP contribution in [0.25, 0.3) is 22.3 Å². The highest BCUT2D eigenvalue weighted by Gasteiger charge is 2.37. The smallest absolute Gasteiger partial charge is 0.419 e. The number of fused-ring (bicyclic) bond motifs is 1. The van der Waals surface area contributed by atoms with Crippen LogP contribution in [0.4, 0.5) is 34.1 Å². The third-order valence-corrected chi connectivity index (χ3v) is 6.62. The average molecular weight is 523 g/mol. The van der Waals surface area contributed by atoms with E-state index in [1.807, 2.05) is 6.92 Å². The van der Waals surface area contributed by atoms with E-state index >= 15 is 4.39 Å². The molecule has 0 spiro atoms. The van der Waals surface area contributed by atoms with Gasteiger partial charge in [0.1, 0.15) is 11.2 Å². The number of morpholine rings is 1. The highest BCUT2D eigenvalue weighted by Crippen LogP contribution is 2.39. The van der Waals surface area contributed by atoms with Gasteiger partial charge in [-0.3, -0.25) is 0 Å². The van der Waals surface area contributed by atoms with Crippen LogP contribution in [0.2, 0.25) is 0 Å². The number of hydrogen-bond acceptors (Lipinski definition) is 7. The zero-order valence-corrected chi connectivity index (χ0v) is 19.8. The first-order valence-electron chi connectivity index (χ1n) is 11.8. The van der Waals surface area contributed by atoms with Gasteiger partial charge in [0.05, 0.1) is 24.9 Å². The highest BCUT2D eigenvalue weighted by molar-refractivity contribution is 5.94. The number of likely N-dealkylation sites (tertiary alicyclic amines) is 1. The van der Waals surface area contributed by atoms with Crippen LogP contribution >= 0.6 is 0 Å². The summed E-state index contributed by atoms with van der Waals surface area (Å²) in [6, 6.07) is 0.675. The minimum atomic E-state index is -4.77. The summed E-state index contributed by atoms with van der Waals surface area (Å²) >= 11 is 0. The molecule has 0 radical (unpaired) electrons. The van der Waals surface area contributed by atoms with E-state index in [4.69, 9.17) is 4.74 Å². The van der Waals surface area contributed by atoms with E-state index in [0.29, 0.717) is 45.3 Å². The van der Waals surface area contributed by atoms with Crippen molar-refractivity contribution in [2.24, 2.45) is 0 Å². The lowest BCUT2D eigenvalue weighted by Gasteiger charge is -2.34. The van der Waals surface area contributed by atoms with E-state index in [9.17, 15) is 23.1 Å². The Labute approximate surface area is 208 Å². The molecule has 2 atom stereocenters. The van der Waals surface area contributed by atoms with E-state index in [2.05, 4.69) is 25.3 Å². The number of H-pyrrole nitrogens is 1. The Morgan fingerprint density at radius 2 is 2.11 bits per heavy atom. The Balaban J connectivity index is 1.52. The number of amides is 1. The van der Waals surface area contributed by atoms with Crippen molar-refractivity contribution >= 4 is 28.9 Å². The van der Waals surface area contributed by atoms with Gasteiger partial charge < -0.3 is 29.9 Å². The van der Waals surface area contributed by atoms with Gasteiger partial charge in [0, 0.05) is 49.0 Å². The zero-order valence-electron chi connectivity index (χ0n) is 19.8. The molecule has 37 heavy (non-hydrogen) atoms. The zero-order chi connectivity index (χ0) is 26.3. The van der Waals surface area contributed by atoms with Crippen LogP contribution < -0.4 is 10.2 Å². The predicted molar refractivity (Wildman–Crippen MR) is 126 cm³/mol. The third kappa shape index (κ3) is 4.97. The van der Waals surface area contributed by atoms with Crippen LogP contribution in [0.3, 0.4) is 0 Å². The number of rotatable bonds is 4. The first-order valence-corrected chi connectivity index (χ1v) is 11.8. The summed E-state index contributed by atoms with van der Waals surface area (Å²) in [7, 11) is 0. The van der Waals surface area contributed by atoms with Crippen LogP contribution in [0.5, 0.6) is 0 Å². The maximum atomic E-state index is 15.2. The number of ether oxygens (including phenoxy) is 1. The normalized spacial score (nSPS) is 20.9. The molecule has 1 amide bonds. The van der Waals surface area contributed by atoms with Crippen molar-refractivity contribution in [3.8, 4) is 11.3 Å². The summed E-state index contributed by atoms with van der Waals surface area (Å²) in [5.74, 6) is -0.654. The van der Waals surface area contributed by atoms with Gasteiger partial charge in [-0.1, -0.05) is 0 Å². The molecule has 0 aliphatic carbocycles. The third-order valence-electron chi connectivity index (χ3n) is 6.62. The molecular weight excluding hydrogens is 498 g/mol. The Hall–Kier alpha value is -3.68. The molecule has 2 fully saturated rings. The van der Waals surface area contributed by atoms with E-state index < -0.39 is 29.3 Å². The van der Waals surface area contributed by atoms with Crippen molar-refractivity contribution in [2.75, 3.05) is 43.1 Å². The second kappa shape index (κ2) is 9.65. The summed E-state index contributed by atoms with van der Waals surface area (Å²) in [6.45, 7) is 3.66. The fraction of sp³-hybridized carbons (Fsp3) is 0.478. The fourth-order valence-corrected chi connectivity index (χ4v) is 4.77. The van der Waals surface area contributed by atoms with Crippen LogP contribution in [-0.2, 0) is 10.9 Å². The lowest BCUT2D eigenvalue weighted by molar-refractivity contribution is -0.137. The lowest BCUT2D eigenvalue weighted by atomic mass is 10.1. The standard InChI is InChI=1S/C23H25F4N7O3/c1-12-11-37-6-5-34(12)20-17(24)7-14-15(8-28-19(14)32-20)18-16(23(25,26)27)9-29-21(31-18)30-13-3-2-4-33(10-13)22(35)36/h7-9,12-13H,2-6,10-11H2,1H3,(H,28,32)(H,35,36)(H,29,30,31)/t12-,13-/m0/s1. The number of nitrogens with one attached hydrogen (secondary N) is 2. The van der Waals surface area contributed by atoms with E-state index in [0.717, 1.165) is 6.07 Å². The Bertz CT molecular complexity index is 1320. The first kappa shape index (κ1) is 25.0. The molecule has 10 nitrogen and oxygen atoms in total. The second-order valence-electron chi connectivity index (χ2n) is 9.18. The summed E-state index contributed by atoms with van der Waals surface area (Å²) in [5.41, 5.74) is -1.27. The lowest BCUT2D eigenvalue weighted by Crippen LogP contribution is -2.44. The number of anilines is 2. The fourth-order valence-electron chi connectivity index (χ4n) is 4.77. The molecule has 3 aromatic heterocycles. The molecular formula is C23H25F4N7O3. The maximum absolute atomic E-state index is 15.2. The predicted octanol–water partition coefficient (Wildman–Crippen LogP) is 3.96. The summed E-state index contributed by atoms with van der Waals surface area (Å²) in [5, 5.41) is 12.3. The maximum Gasteiger partial charge on any atom is 0.419 e. The molecule has 198 valence electrons. The number of hydrogen-bond donors (Lipinski definition) is 3. The quantitative estimate of drug-likeness (QED) is 0.440. The van der Waals surface area contributed by atoms with Gasteiger partial charge in [-0.2, -0.15) is 13.2 Å². The average Bonchev–Trinajstić information content (AvgIpc) is 3.26. The van der Waals surface area contributed by atoms with Crippen molar-refractivity contribution in [1.82, 2.24) is 24.8 Å². The molecule has 0 unspecified atom stereocenters. The van der Waals surface area contributed by atoms with Gasteiger partial charge in [-0.25, -0.2) is 24.1 Å². The number of halogens is 4. The number of carboxylic acid groups (broad SMARTS) is 1. The number of nitrogens with zero attached hydrogens (tertiary/aromatic N) is 5. The number of carbonyl (C=O) groups is 1. The van der Waals surface area contributed by atoms with Gasteiger partial charge in [-0.15, -0.1) is 0 Å². The van der Waals surface area contributed by atoms with Crippen molar-refractivity contribution in [3.63, 3.8) is 0 Å². The highest BCUT2D eigenvalue weighted by atomic mass is 19.4. The van der Waals surface area contributed by atoms with Gasteiger partial charge in [-0.05, 0) is 25.8 Å². The number of pyridine rings is 1. The van der Waals surface area contributed by atoms with Crippen molar-refractivity contribution < 1.29 is 32.2 Å². The number of aromatic amines is 1. The van der Waals surface area contributed by atoms with Crippen molar-refractivity contribution in [1.29, 1.82) is 0 Å². The summed E-state index contributed by atoms with van der Waals surface area (Å²) in [4.78, 5) is 29.5. The largest absolute Gasteiger partial charge is 0.465 e. The van der Waals surface area contributed by atoms with Crippen molar-refractivity contribution in [2.45, 2.75) is 38.0 Å². The van der Waals surface area contributed by atoms with Gasteiger partial charge in [0.25, 0.3) is 0 Å². The van der Waals surface area contributed by atoms with Crippen molar-refractivity contribution in [3.05, 3.63) is 29.8 Å². The molecule has 5 rings (SSSR count). The minimum Gasteiger partial charge on any atom is -0.465 e. The molecule has 5 heterocycles. The molecule has 0 saturated carbocycles. The molecule has 14 heteroatoms. The van der Waals surface area contributed by atoms with E-state index in [1.54, 1.807) is 4.90 Å². The van der Waals surface area contributed by atoms with Crippen LogP contribution in [-0.4, -0.2) is 81.0 Å². The number of alkyl halides is 3. The van der Waals surface area contributed by atoms with Crippen LogP contribution in [0, 0.1) is 5.82 Å². The van der Waals surface area contributed by atoms with Crippen LogP contribution in [0.15, 0.2) is 18.5 Å². The SMILES string of the molecule is C[C@H]1COCCN1c1nc2[nH]cc(-c3nc(N[C@H]4CCCN(C(=O)O)C4)ncc3C(F)(F)F)c2cc1F. The molecule has 2 saturated heterocycles.